The largest absolute Gasteiger partial charge is 0.495 e. The number of carbonyl (C=O) groups excluding carboxylic acids is 1. The molecular formula is C12H16BrNO2. The molecule has 0 unspecified atom stereocenters. The van der Waals surface area contributed by atoms with E-state index >= 15 is 0 Å². The summed E-state index contributed by atoms with van der Waals surface area (Å²) >= 11 is 3.36. The molecule has 88 valence electrons. The lowest BCUT2D eigenvalue weighted by Crippen LogP contribution is -2.27. The van der Waals surface area contributed by atoms with Gasteiger partial charge in [0, 0.05) is 0 Å². The summed E-state index contributed by atoms with van der Waals surface area (Å²) in [5, 5.41) is 2.83. The van der Waals surface area contributed by atoms with Crippen LogP contribution in [0, 0.1) is 5.92 Å². The van der Waals surface area contributed by atoms with Crippen molar-refractivity contribution in [2.75, 3.05) is 12.4 Å². The van der Waals surface area contributed by atoms with Gasteiger partial charge in [-0.15, -0.1) is 0 Å². The molecule has 1 N–H and O–H groups in total. The van der Waals surface area contributed by atoms with Crippen LogP contribution in [0.25, 0.3) is 0 Å². The molecule has 0 aromatic heterocycles. The first-order valence-electron chi connectivity index (χ1n) is 5.14. The van der Waals surface area contributed by atoms with E-state index < -0.39 is 0 Å². The third-order valence-electron chi connectivity index (χ3n) is 2.20. The summed E-state index contributed by atoms with van der Waals surface area (Å²) in [4.78, 5) is 11.6. The van der Waals surface area contributed by atoms with Crippen LogP contribution in [0.2, 0.25) is 0 Å². The first-order chi connectivity index (χ1) is 7.56. The smallest absolute Gasteiger partial charge is 0.238 e. The zero-order valence-corrected chi connectivity index (χ0v) is 11.2. The van der Waals surface area contributed by atoms with Gasteiger partial charge < -0.3 is 10.1 Å². The van der Waals surface area contributed by atoms with E-state index in [1.54, 1.807) is 7.11 Å². The molecule has 0 saturated carbocycles. The van der Waals surface area contributed by atoms with Gasteiger partial charge in [0.1, 0.15) is 5.75 Å². The van der Waals surface area contributed by atoms with Crippen LogP contribution >= 0.6 is 15.9 Å². The van der Waals surface area contributed by atoms with Gasteiger partial charge >= 0.3 is 0 Å². The topological polar surface area (TPSA) is 38.3 Å². The van der Waals surface area contributed by atoms with Crippen LogP contribution in [0.1, 0.15) is 13.8 Å². The summed E-state index contributed by atoms with van der Waals surface area (Å²) in [6, 6.07) is 7.35. The molecule has 1 rings (SSSR count). The molecule has 1 amide bonds. The second-order valence-corrected chi connectivity index (χ2v) is 4.82. The number of hydrogen-bond acceptors (Lipinski definition) is 2. The van der Waals surface area contributed by atoms with E-state index in [9.17, 15) is 4.79 Å². The van der Waals surface area contributed by atoms with Crippen molar-refractivity contribution in [1.29, 1.82) is 0 Å². The molecule has 4 heteroatoms. The molecule has 1 atom stereocenters. The van der Waals surface area contributed by atoms with E-state index in [1.807, 2.05) is 38.1 Å². The summed E-state index contributed by atoms with van der Waals surface area (Å²) in [5.74, 6) is 0.855. The number of benzene rings is 1. The van der Waals surface area contributed by atoms with Gasteiger partial charge in [-0.1, -0.05) is 41.9 Å². The van der Waals surface area contributed by atoms with Gasteiger partial charge in [-0.2, -0.15) is 0 Å². The van der Waals surface area contributed by atoms with Crippen molar-refractivity contribution >= 4 is 27.5 Å². The van der Waals surface area contributed by atoms with Crippen molar-refractivity contribution in [2.45, 2.75) is 18.7 Å². The van der Waals surface area contributed by atoms with Crippen LogP contribution in [-0.2, 0) is 4.79 Å². The number of rotatable bonds is 4. The summed E-state index contributed by atoms with van der Waals surface area (Å²) in [6.07, 6.45) is 0. The van der Waals surface area contributed by atoms with Gasteiger partial charge in [0.15, 0.2) is 0 Å². The average Bonchev–Trinajstić information content (AvgIpc) is 2.28. The minimum atomic E-state index is -0.197. The molecule has 16 heavy (non-hydrogen) atoms. The van der Waals surface area contributed by atoms with E-state index in [0.717, 1.165) is 0 Å². The Morgan fingerprint density at radius 1 is 1.38 bits per heavy atom. The summed E-state index contributed by atoms with van der Waals surface area (Å²) in [7, 11) is 1.58. The van der Waals surface area contributed by atoms with Crippen molar-refractivity contribution in [1.82, 2.24) is 0 Å². The molecule has 0 radical (unpaired) electrons. The fourth-order valence-electron chi connectivity index (χ4n) is 1.25. The van der Waals surface area contributed by atoms with Crippen LogP contribution in [0.15, 0.2) is 24.3 Å². The molecule has 0 aliphatic heterocycles. The van der Waals surface area contributed by atoms with Crippen LogP contribution in [0.3, 0.4) is 0 Å². The lowest BCUT2D eigenvalue weighted by molar-refractivity contribution is -0.116. The molecule has 1 aromatic carbocycles. The number of carbonyl (C=O) groups is 1. The van der Waals surface area contributed by atoms with Crippen molar-refractivity contribution in [3.63, 3.8) is 0 Å². The Labute approximate surface area is 104 Å². The maximum Gasteiger partial charge on any atom is 0.238 e. The molecule has 0 spiro atoms. The van der Waals surface area contributed by atoms with Crippen molar-refractivity contribution in [3.8, 4) is 5.75 Å². The number of amides is 1. The van der Waals surface area contributed by atoms with E-state index in [1.165, 1.54) is 0 Å². The highest BCUT2D eigenvalue weighted by Gasteiger charge is 2.19. The maximum absolute atomic E-state index is 11.8. The second kappa shape index (κ2) is 5.89. The number of methoxy groups -OCH3 is 1. The highest BCUT2D eigenvalue weighted by Crippen LogP contribution is 2.24. The Morgan fingerprint density at radius 2 is 2.00 bits per heavy atom. The zero-order chi connectivity index (χ0) is 12.1. The molecular weight excluding hydrogens is 270 g/mol. The van der Waals surface area contributed by atoms with E-state index in [0.29, 0.717) is 11.4 Å². The zero-order valence-electron chi connectivity index (χ0n) is 9.66. The molecule has 0 saturated heterocycles. The SMILES string of the molecule is COc1ccccc1NC(=O)[C@@H](Br)C(C)C. The molecule has 0 heterocycles. The van der Waals surface area contributed by atoms with Gasteiger partial charge in [0.25, 0.3) is 0 Å². The molecule has 1 aromatic rings. The quantitative estimate of drug-likeness (QED) is 0.864. The summed E-state index contributed by atoms with van der Waals surface area (Å²) in [5.41, 5.74) is 0.695. The van der Waals surface area contributed by atoms with E-state index in [-0.39, 0.29) is 16.7 Å². The molecule has 0 fully saturated rings. The Bertz CT molecular complexity index is 366. The van der Waals surface area contributed by atoms with Crippen LogP contribution in [-0.4, -0.2) is 17.8 Å². The number of halogens is 1. The van der Waals surface area contributed by atoms with Crippen molar-refractivity contribution < 1.29 is 9.53 Å². The van der Waals surface area contributed by atoms with Crippen LogP contribution in [0.5, 0.6) is 5.75 Å². The first-order valence-corrected chi connectivity index (χ1v) is 6.05. The number of hydrogen-bond donors (Lipinski definition) is 1. The Hall–Kier alpha value is -1.03. The Kier molecular flexibility index (Phi) is 4.80. The van der Waals surface area contributed by atoms with Gasteiger partial charge in [0.2, 0.25) is 5.91 Å². The Morgan fingerprint density at radius 3 is 2.56 bits per heavy atom. The van der Waals surface area contributed by atoms with Gasteiger partial charge in [-0.25, -0.2) is 0 Å². The third-order valence-corrected chi connectivity index (χ3v) is 3.67. The number of para-hydroxylation sites is 2. The number of ether oxygens (including phenoxy) is 1. The first kappa shape index (κ1) is 13.0. The normalized spacial score (nSPS) is 12.3. The fourth-order valence-corrected chi connectivity index (χ4v) is 1.37. The predicted octanol–water partition coefficient (Wildman–Crippen LogP) is 3.05. The van der Waals surface area contributed by atoms with Gasteiger partial charge in [-0.05, 0) is 18.1 Å². The predicted molar refractivity (Wildman–Crippen MR) is 69.2 cm³/mol. The van der Waals surface area contributed by atoms with Gasteiger partial charge in [0.05, 0.1) is 17.6 Å². The minimum Gasteiger partial charge on any atom is -0.495 e. The number of alkyl halides is 1. The van der Waals surface area contributed by atoms with Gasteiger partial charge in [-0.3, -0.25) is 4.79 Å². The van der Waals surface area contributed by atoms with Crippen molar-refractivity contribution in [2.24, 2.45) is 5.92 Å². The molecule has 3 nitrogen and oxygen atoms in total. The minimum absolute atomic E-state index is 0.0560. The van der Waals surface area contributed by atoms with E-state index in [4.69, 9.17) is 4.74 Å². The lowest BCUT2D eigenvalue weighted by atomic mass is 10.1. The highest BCUT2D eigenvalue weighted by atomic mass is 79.9. The van der Waals surface area contributed by atoms with E-state index in [2.05, 4.69) is 21.2 Å². The highest BCUT2D eigenvalue weighted by molar-refractivity contribution is 9.10. The standard InChI is InChI=1S/C12H16BrNO2/c1-8(2)11(13)12(15)14-9-6-4-5-7-10(9)16-3/h4-8,11H,1-3H3,(H,14,15)/t11-/m0/s1. The average molecular weight is 286 g/mol. The summed E-state index contributed by atoms with van der Waals surface area (Å²) in [6.45, 7) is 3.97. The lowest BCUT2D eigenvalue weighted by Gasteiger charge is -2.15. The molecule has 0 bridgehead atoms. The molecule has 0 aliphatic rings. The maximum atomic E-state index is 11.8. The Balaban J connectivity index is 2.76. The fraction of sp³-hybridized carbons (Fsp3) is 0.417. The summed E-state index contributed by atoms with van der Waals surface area (Å²) < 4.78 is 5.16. The van der Waals surface area contributed by atoms with Crippen LogP contribution < -0.4 is 10.1 Å². The number of nitrogens with one attached hydrogen (secondary N) is 1. The monoisotopic (exact) mass is 285 g/mol. The van der Waals surface area contributed by atoms with Crippen LogP contribution in [0.4, 0.5) is 5.69 Å². The molecule has 0 aliphatic carbocycles. The second-order valence-electron chi connectivity index (χ2n) is 3.84. The van der Waals surface area contributed by atoms with Crippen molar-refractivity contribution in [3.05, 3.63) is 24.3 Å². The number of anilines is 1. The third kappa shape index (κ3) is 3.23.